The summed E-state index contributed by atoms with van der Waals surface area (Å²) in [5.41, 5.74) is 8.03. The molecule has 1 atom stereocenters. The highest BCUT2D eigenvalue weighted by molar-refractivity contribution is 5.79. The van der Waals surface area contributed by atoms with Crippen molar-refractivity contribution in [3.8, 4) is 0 Å². The number of piperidine rings is 1. The number of benzene rings is 1. The lowest BCUT2D eigenvalue weighted by Crippen LogP contribution is -2.43. The van der Waals surface area contributed by atoms with Gasteiger partial charge in [-0.15, -0.1) is 0 Å². The number of amides is 2. The minimum Gasteiger partial charge on any atom is -0.368 e. The summed E-state index contributed by atoms with van der Waals surface area (Å²) < 4.78 is 1.84. The maximum atomic E-state index is 13.0. The van der Waals surface area contributed by atoms with E-state index in [-0.39, 0.29) is 24.3 Å². The van der Waals surface area contributed by atoms with Crippen LogP contribution in [0.4, 0.5) is 0 Å². The molecule has 1 aliphatic heterocycles. The van der Waals surface area contributed by atoms with Crippen LogP contribution in [0.15, 0.2) is 36.7 Å². The molecular formula is C21H26N4O2. The van der Waals surface area contributed by atoms with E-state index >= 15 is 0 Å². The van der Waals surface area contributed by atoms with Gasteiger partial charge in [0.1, 0.15) is 12.4 Å². The molecule has 0 bridgehead atoms. The first-order valence-corrected chi connectivity index (χ1v) is 9.76. The summed E-state index contributed by atoms with van der Waals surface area (Å²) in [6.07, 6.45) is 8.08. The fourth-order valence-electron chi connectivity index (χ4n) is 4.51. The first-order chi connectivity index (χ1) is 13.1. The SMILES string of the molecule is NC(=O)Cn1ccnc1C1CCN(C(=O)[C@@H]2CCc3ccccc3C2)CC1. The Morgan fingerprint density at radius 2 is 1.85 bits per heavy atom. The number of carbonyl (C=O) groups excluding carboxylic acids is 2. The lowest BCUT2D eigenvalue weighted by molar-refractivity contribution is -0.137. The van der Waals surface area contributed by atoms with Crippen molar-refractivity contribution in [3.63, 3.8) is 0 Å². The molecule has 6 heteroatoms. The second-order valence-electron chi connectivity index (χ2n) is 7.69. The molecule has 4 rings (SSSR count). The van der Waals surface area contributed by atoms with Gasteiger partial charge < -0.3 is 15.2 Å². The van der Waals surface area contributed by atoms with Gasteiger partial charge in [0.25, 0.3) is 0 Å². The number of hydrogen-bond donors (Lipinski definition) is 1. The Kier molecular flexibility index (Phi) is 4.97. The average Bonchev–Trinajstić information content (AvgIpc) is 3.14. The van der Waals surface area contributed by atoms with Gasteiger partial charge in [-0.05, 0) is 43.2 Å². The molecule has 0 unspecified atom stereocenters. The predicted octanol–water partition coefficient (Wildman–Crippen LogP) is 1.88. The van der Waals surface area contributed by atoms with Crippen LogP contribution >= 0.6 is 0 Å². The molecule has 0 radical (unpaired) electrons. The van der Waals surface area contributed by atoms with E-state index in [9.17, 15) is 9.59 Å². The van der Waals surface area contributed by atoms with E-state index in [1.54, 1.807) is 12.4 Å². The number of rotatable bonds is 4. The number of imidazole rings is 1. The van der Waals surface area contributed by atoms with Crippen LogP contribution in [0.3, 0.4) is 0 Å². The highest BCUT2D eigenvalue weighted by atomic mass is 16.2. The van der Waals surface area contributed by atoms with Gasteiger partial charge in [0.15, 0.2) is 0 Å². The van der Waals surface area contributed by atoms with Crippen molar-refractivity contribution in [2.45, 2.75) is 44.6 Å². The number of carbonyl (C=O) groups is 2. The van der Waals surface area contributed by atoms with Crippen LogP contribution in [-0.2, 0) is 29.0 Å². The number of fused-ring (bicyclic) bond motifs is 1. The van der Waals surface area contributed by atoms with Gasteiger partial charge in [0.05, 0.1) is 0 Å². The fraction of sp³-hybridized carbons (Fsp3) is 0.476. The zero-order chi connectivity index (χ0) is 18.8. The molecule has 1 saturated heterocycles. The van der Waals surface area contributed by atoms with Crippen molar-refractivity contribution in [1.82, 2.24) is 14.5 Å². The van der Waals surface area contributed by atoms with Crippen LogP contribution in [0.2, 0.25) is 0 Å². The number of primary amides is 1. The molecule has 2 amide bonds. The molecule has 2 aromatic rings. The van der Waals surface area contributed by atoms with E-state index in [0.717, 1.165) is 51.0 Å². The summed E-state index contributed by atoms with van der Waals surface area (Å²) in [7, 11) is 0. The lowest BCUT2D eigenvalue weighted by Gasteiger charge is -2.35. The highest BCUT2D eigenvalue weighted by Gasteiger charge is 2.32. The van der Waals surface area contributed by atoms with Crippen molar-refractivity contribution in [2.24, 2.45) is 11.7 Å². The predicted molar refractivity (Wildman–Crippen MR) is 102 cm³/mol. The van der Waals surface area contributed by atoms with Crippen molar-refractivity contribution in [2.75, 3.05) is 13.1 Å². The normalized spacial score (nSPS) is 20.3. The summed E-state index contributed by atoms with van der Waals surface area (Å²) in [5, 5.41) is 0. The molecule has 2 N–H and O–H groups in total. The smallest absolute Gasteiger partial charge is 0.237 e. The molecular weight excluding hydrogens is 340 g/mol. The van der Waals surface area contributed by atoms with Gasteiger partial charge in [0, 0.05) is 37.3 Å². The largest absolute Gasteiger partial charge is 0.368 e. The number of aryl methyl sites for hydroxylation is 1. The van der Waals surface area contributed by atoms with Crippen molar-refractivity contribution >= 4 is 11.8 Å². The first kappa shape index (κ1) is 17.8. The van der Waals surface area contributed by atoms with Crippen LogP contribution in [-0.4, -0.2) is 39.4 Å². The quantitative estimate of drug-likeness (QED) is 0.897. The van der Waals surface area contributed by atoms with Gasteiger partial charge in [0.2, 0.25) is 11.8 Å². The van der Waals surface area contributed by atoms with Crippen LogP contribution in [0.1, 0.15) is 42.1 Å². The zero-order valence-electron chi connectivity index (χ0n) is 15.5. The third-order valence-corrected chi connectivity index (χ3v) is 5.94. The third kappa shape index (κ3) is 3.75. The summed E-state index contributed by atoms with van der Waals surface area (Å²) >= 11 is 0. The van der Waals surface area contributed by atoms with E-state index in [2.05, 4.69) is 29.2 Å². The topological polar surface area (TPSA) is 81.2 Å². The van der Waals surface area contributed by atoms with E-state index < -0.39 is 0 Å². The number of hydrogen-bond acceptors (Lipinski definition) is 3. The van der Waals surface area contributed by atoms with Gasteiger partial charge in [-0.3, -0.25) is 9.59 Å². The van der Waals surface area contributed by atoms with Gasteiger partial charge >= 0.3 is 0 Å². The summed E-state index contributed by atoms with van der Waals surface area (Å²) in [6, 6.07) is 8.47. The van der Waals surface area contributed by atoms with Crippen molar-refractivity contribution < 1.29 is 9.59 Å². The Hall–Kier alpha value is -2.63. The van der Waals surface area contributed by atoms with Gasteiger partial charge in [-0.2, -0.15) is 0 Å². The molecule has 2 aliphatic rings. The second kappa shape index (κ2) is 7.55. The number of nitrogens with two attached hydrogens (primary N) is 1. The molecule has 1 aromatic carbocycles. The minimum absolute atomic E-state index is 0.105. The maximum Gasteiger partial charge on any atom is 0.237 e. The molecule has 1 aromatic heterocycles. The van der Waals surface area contributed by atoms with Crippen molar-refractivity contribution in [1.29, 1.82) is 0 Å². The summed E-state index contributed by atoms with van der Waals surface area (Å²) in [4.78, 5) is 30.7. The summed E-state index contributed by atoms with van der Waals surface area (Å²) in [6.45, 7) is 1.67. The van der Waals surface area contributed by atoms with E-state index in [1.807, 2.05) is 9.47 Å². The van der Waals surface area contributed by atoms with Crippen LogP contribution in [0, 0.1) is 5.92 Å². The van der Waals surface area contributed by atoms with E-state index in [4.69, 9.17) is 5.73 Å². The number of likely N-dealkylation sites (tertiary alicyclic amines) is 1. The third-order valence-electron chi connectivity index (χ3n) is 5.94. The monoisotopic (exact) mass is 366 g/mol. The summed E-state index contributed by atoms with van der Waals surface area (Å²) in [5.74, 6) is 1.22. The average molecular weight is 366 g/mol. The molecule has 6 nitrogen and oxygen atoms in total. The Balaban J connectivity index is 1.36. The minimum atomic E-state index is -0.362. The van der Waals surface area contributed by atoms with Crippen LogP contribution < -0.4 is 5.73 Å². The molecule has 142 valence electrons. The molecule has 1 aliphatic carbocycles. The van der Waals surface area contributed by atoms with Gasteiger partial charge in [-0.1, -0.05) is 24.3 Å². The Bertz CT molecular complexity index is 836. The van der Waals surface area contributed by atoms with Crippen LogP contribution in [0.5, 0.6) is 0 Å². The maximum absolute atomic E-state index is 13.0. The first-order valence-electron chi connectivity index (χ1n) is 9.76. The zero-order valence-corrected chi connectivity index (χ0v) is 15.5. The Morgan fingerprint density at radius 3 is 2.59 bits per heavy atom. The molecule has 0 spiro atoms. The lowest BCUT2D eigenvalue weighted by atomic mass is 9.82. The Labute approximate surface area is 159 Å². The second-order valence-corrected chi connectivity index (χ2v) is 7.69. The number of aromatic nitrogens is 2. The Morgan fingerprint density at radius 1 is 1.11 bits per heavy atom. The number of nitrogens with zero attached hydrogens (tertiary/aromatic N) is 3. The van der Waals surface area contributed by atoms with E-state index in [0.29, 0.717) is 5.91 Å². The molecule has 0 saturated carbocycles. The van der Waals surface area contributed by atoms with E-state index in [1.165, 1.54) is 11.1 Å². The highest BCUT2D eigenvalue weighted by Crippen LogP contribution is 2.31. The van der Waals surface area contributed by atoms with Crippen LogP contribution in [0.25, 0.3) is 0 Å². The molecule has 2 heterocycles. The van der Waals surface area contributed by atoms with Crippen molar-refractivity contribution in [3.05, 3.63) is 53.6 Å². The fourth-order valence-corrected chi connectivity index (χ4v) is 4.51. The molecule has 1 fully saturated rings. The standard InChI is InChI=1S/C21H26N4O2/c22-19(26)14-25-12-9-23-20(25)16-7-10-24(11-8-16)21(27)18-6-5-15-3-1-2-4-17(15)13-18/h1-4,9,12,16,18H,5-8,10-11,13-14H2,(H2,22,26)/t18-/m1/s1. The van der Waals surface area contributed by atoms with Gasteiger partial charge in [-0.25, -0.2) is 4.98 Å². The molecule has 27 heavy (non-hydrogen) atoms.